The number of ether oxygens (including phenoxy) is 5. The smallest absolute Gasteiger partial charge is 0.494 e. The van der Waals surface area contributed by atoms with Gasteiger partial charge in [-0.15, -0.1) is 0 Å². The van der Waals surface area contributed by atoms with Gasteiger partial charge in [0, 0.05) is 18.1 Å². The number of hydrogen-bond donors (Lipinski definition) is 0. The first-order valence-corrected chi connectivity index (χ1v) is 19.1. The first-order chi connectivity index (χ1) is 24.9. The lowest BCUT2D eigenvalue weighted by atomic mass is 9.92. The van der Waals surface area contributed by atoms with Gasteiger partial charge in [-0.2, -0.15) is 0 Å². The lowest BCUT2D eigenvalue weighted by Gasteiger charge is -2.33. The van der Waals surface area contributed by atoms with Crippen molar-refractivity contribution in [1.82, 2.24) is 0 Å². The molecule has 1 saturated heterocycles. The maximum absolute atomic E-state index is 15.0. The van der Waals surface area contributed by atoms with E-state index >= 15 is 4.39 Å². The third kappa shape index (κ3) is 13.7. The van der Waals surface area contributed by atoms with Crippen molar-refractivity contribution in [2.24, 2.45) is 5.92 Å². The van der Waals surface area contributed by atoms with Crippen LogP contribution in [0, 0.1) is 11.7 Å². The largest absolute Gasteiger partial charge is 0.516 e. The molecule has 1 heterocycles. The molecule has 3 atom stereocenters. The van der Waals surface area contributed by atoms with E-state index in [0.717, 1.165) is 81.6 Å². The maximum Gasteiger partial charge on any atom is 0.516 e. The second-order valence-electron chi connectivity index (χ2n) is 13.8. The van der Waals surface area contributed by atoms with Crippen LogP contribution in [0.5, 0.6) is 5.75 Å². The fourth-order valence-electron chi connectivity index (χ4n) is 6.19. The van der Waals surface area contributed by atoms with E-state index in [0.29, 0.717) is 36.2 Å². The van der Waals surface area contributed by atoms with Crippen LogP contribution in [0.15, 0.2) is 66.7 Å². The van der Waals surface area contributed by atoms with Gasteiger partial charge in [0.05, 0.1) is 31.5 Å². The van der Waals surface area contributed by atoms with Gasteiger partial charge in [-0.1, -0.05) is 108 Å². The molecular formula is C43H57FO7. The third-order valence-corrected chi connectivity index (χ3v) is 9.46. The molecule has 0 aromatic heterocycles. The molecule has 2 unspecified atom stereocenters. The summed E-state index contributed by atoms with van der Waals surface area (Å²) in [6, 6.07) is 19.0. The number of unbranched alkanes of at least 4 members (excludes halogenated alkanes) is 10. The fourth-order valence-corrected chi connectivity index (χ4v) is 6.19. The standard InChI is InChI=1S/C43H57FO7/c1-4-5-6-13-18-33(3)50-43(46)51-42(45)35-23-26-37(39(29-35)38-19-14-15-20-40(38)44)34-21-24-36(25-22-34)48-28-17-12-10-8-7-9-11-16-27-47-31-41-32(2)30-49-41/h14-15,19-26,29,32-33,41H,4-13,16-18,27-28,30-31H2,1-3H3/t32?,33-,41?/m1/s1. The predicted molar refractivity (Wildman–Crippen MR) is 200 cm³/mol. The van der Waals surface area contributed by atoms with E-state index in [1.165, 1.54) is 38.2 Å². The lowest BCUT2D eigenvalue weighted by Crippen LogP contribution is -2.41. The van der Waals surface area contributed by atoms with Gasteiger partial charge in [-0.25, -0.2) is 14.0 Å². The zero-order valence-corrected chi connectivity index (χ0v) is 30.8. The minimum Gasteiger partial charge on any atom is -0.494 e. The molecular weight excluding hydrogens is 647 g/mol. The summed E-state index contributed by atoms with van der Waals surface area (Å²) in [6.07, 6.45) is 13.3. The Morgan fingerprint density at radius 1 is 0.804 bits per heavy atom. The highest BCUT2D eigenvalue weighted by Crippen LogP contribution is 2.35. The minimum absolute atomic E-state index is 0.124. The highest BCUT2D eigenvalue weighted by atomic mass is 19.1. The second-order valence-corrected chi connectivity index (χ2v) is 13.8. The first kappa shape index (κ1) is 40.0. The van der Waals surface area contributed by atoms with E-state index < -0.39 is 17.9 Å². The molecule has 0 amide bonds. The quantitative estimate of drug-likeness (QED) is 0.0552. The molecule has 51 heavy (non-hydrogen) atoms. The summed E-state index contributed by atoms with van der Waals surface area (Å²) in [5.41, 5.74) is 2.54. The van der Waals surface area contributed by atoms with Crippen LogP contribution in [0.25, 0.3) is 22.3 Å². The highest BCUT2D eigenvalue weighted by Gasteiger charge is 2.27. The number of rotatable bonds is 23. The van der Waals surface area contributed by atoms with Crippen LogP contribution >= 0.6 is 0 Å². The molecule has 278 valence electrons. The van der Waals surface area contributed by atoms with Gasteiger partial charge in [0.15, 0.2) is 0 Å². The third-order valence-electron chi connectivity index (χ3n) is 9.46. The van der Waals surface area contributed by atoms with E-state index in [2.05, 4.69) is 13.8 Å². The summed E-state index contributed by atoms with van der Waals surface area (Å²) in [5, 5.41) is 0. The Morgan fingerprint density at radius 3 is 2.16 bits per heavy atom. The molecule has 7 nitrogen and oxygen atoms in total. The molecule has 1 fully saturated rings. The highest BCUT2D eigenvalue weighted by molar-refractivity contribution is 5.98. The van der Waals surface area contributed by atoms with Gasteiger partial charge >= 0.3 is 12.1 Å². The average molecular weight is 705 g/mol. The van der Waals surface area contributed by atoms with E-state index in [1.54, 1.807) is 43.3 Å². The van der Waals surface area contributed by atoms with Gasteiger partial charge in [0.2, 0.25) is 0 Å². The summed E-state index contributed by atoms with van der Waals surface area (Å²) >= 11 is 0. The number of halogens is 1. The normalized spacial score (nSPS) is 15.9. The monoisotopic (exact) mass is 704 g/mol. The van der Waals surface area contributed by atoms with Crippen molar-refractivity contribution in [2.45, 2.75) is 116 Å². The Morgan fingerprint density at radius 2 is 1.49 bits per heavy atom. The number of esters is 1. The van der Waals surface area contributed by atoms with Gasteiger partial charge in [0.25, 0.3) is 0 Å². The van der Waals surface area contributed by atoms with Gasteiger partial charge in [-0.3, -0.25) is 0 Å². The summed E-state index contributed by atoms with van der Waals surface area (Å²) in [4.78, 5) is 25.3. The Kier molecular flexibility index (Phi) is 17.5. The molecule has 0 saturated carbocycles. The SMILES string of the molecule is CCCCCC[C@@H](C)OC(=O)OC(=O)c1ccc(-c2ccc(OCCCCCCCCCCOCC3OCC3C)cc2)c(-c2ccccc2F)c1. The maximum atomic E-state index is 15.0. The van der Waals surface area contributed by atoms with E-state index in [9.17, 15) is 9.59 Å². The molecule has 1 aliphatic rings. The topological polar surface area (TPSA) is 80.3 Å². The van der Waals surface area contributed by atoms with Crippen molar-refractivity contribution >= 4 is 12.1 Å². The Bertz CT molecular complexity index is 1470. The lowest BCUT2D eigenvalue weighted by molar-refractivity contribution is -0.139. The Labute approximate surface area is 304 Å². The van der Waals surface area contributed by atoms with Crippen LogP contribution in [-0.2, 0) is 18.9 Å². The van der Waals surface area contributed by atoms with Crippen molar-refractivity contribution in [2.75, 3.05) is 26.4 Å². The molecule has 1 aliphatic heterocycles. The molecule has 4 rings (SSSR count). The van der Waals surface area contributed by atoms with Crippen molar-refractivity contribution < 1.29 is 37.7 Å². The average Bonchev–Trinajstić information content (AvgIpc) is 3.13. The van der Waals surface area contributed by atoms with Crippen LogP contribution in [0.2, 0.25) is 0 Å². The molecule has 0 bridgehead atoms. The molecule has 0 spiro atoms. The Balaban J connectivity index is 1.21. The minimum atomic E-state index is -1.03. The zero-order chi connectivity index (χ0) is 36.3. The van der Waals surface area contributed by atoms with Gasteiger partial charge in [-0.05, 0) is 79.6 Å². The molecule has 0 radical (unpaired) electrons. The molecule has 8 heteroatoms. The van der Waals surface area contributed by atoms with Crippen molar-refractivity contribution in [3.05, 3.63) is 78.1 Å². The number of hydrogen-bond acceptors (Lipinski definition) is 7. The van der Waals surface area contributed by atoms with Crippen molar-refractivity contribution in [3.8, 4) is 28.0 Å². The number of carbonyl (C=O) groups is 2. The molecule has 3 aromatic rings. The van der Waals surface area contributed by atoms with Crippen LogP contribution in [0.4, 0.5) is 9.18 Å². The van der Waals surface area contributed by atoms with E-state index in [4.69, 9.17) is 23.7 Å². The van der Waals surface area contributed by atoms with Crippen LogP contribution in [0.1, 0.15) is 115 Å². The number of benzene rings is 3. The van der Waals surface area contributed by atoms with Crippen molar-refractivity contribution in [3.63, 3.8) is 0 Å². The Hall–Kier alpha value is -3.75. The van der Waals surface area contributed by atoms with Gasteiger partial charge < -0.3 is 23.7 Å². The molecule has 3 aromatic carbocycles. The van der Waals surface area contributed by atoms with Crippen LogP contribution < -0.4 is 4.74 Å². The van der Waals surface area contributed by atoms with Crippen LogP contribution in [-0.4, -0.2) is 50.8 Å². The predicted octanol–water partition coefficient (Wildman–Crippen LogP) is 11.4. The van der Waals surface area contributed by atoms with E-state index in [-0.39, 0.29) is 11.7 Å². The fraction of sp³-hybridized carbons (Fsp3) is 0.535. The zero-order valence-electron chi connectivity index (χ0n) is 30.8. The van der Waals surface area contributed by atoms with Crippen LogP contribution in [0.3, 0.4) is 0 Å². The first-order valence-electron chi connectivity index (χ1n) is 19.1. The molecule has 0 N–H and O–H groups in total. The number of carbonyl (C=O) groups excluding carboxylic acids is 2. The summed E-state index contributed by atoms with van der Waals surface area (Å²) in [7, 11) is 0. The second kappa shape index (κ2) is 22.2. The van der Waals surface area contributed by atoms with Crippen molar-refractivity contribution in [1.29, 1.82) is 0 Å². The summed E-state index contributed by atoms with van der Waals surface area (Å²) in [6.45, 7) is 9.22. The van der Waals surface area contributed by atoms with E-state index in [1.807, 2.05) is 24.3 Å². The summed E-state index contributed by atoms with van der Waals surface area (Å²) in [5.74, 6) is 0.131. The van der Waals surface area contributed by atoms with Gasteiger partial charge in [0.1, 0.15) is 17.7 Å². The summed E-state index contributed by atoms with van der Waals surface area (Å²) < 4.78 is 42.6. The molecule has 0 aliphatic carbocycles.